The number of halogens is 1. The number of carbonyl (C=O) groups excluding carboxylic acids is 1. The Morgan fingerprint density at radius 2 is 1.91 bits per heavy atom. The average molecular weight is 315 g/mol. The van der Waals surface area contributed by atoms with E-state index in [2.05, 4.69) is 13.8 Å². The molecule has 1 aliphatic heterocycles. The van der Waals surface area contributed by atoms with Crippen molar-refractivity contribution in [3.05, 3.63) is 64.2 Å². The Morgan fingerprint density at radius 1 is 1.23 bits per heavy atom. The Kier molecular flexibility index (Phi) is 3.71. The van der Waals surface area contributed by atoms with Crippen LogP contribution in [0.5, 0.6) is 0 Å². The fraction of sp³-hybridized carbons (Fsp3) is 0.278. The fourth-order valence-electron chi connectivity index (χ4n) is 3.09. The molecule has 2 aromatic rings. The second kappa shape index (κ2) is 5.41. The van der Waals surface area contributed by atoms with Crippen molar-refractivity contribution in [3.63, 3.8) is 0 Å². The van der Waals surface area contributed by atoms with Crippen molar-refractivity contribution in [1.82, 2.24) is 0 Å². The van der Waals surface area contributed by atoms with Crippen LogP contribution in [0.25, 0.3) is 0 Å². The molecule has 22 heavy (non-hydrogen) atoms. The Bertz CT molecular complexity index is 722. The van der Waals surface area contributed by atoms with Gasteiger partial charge in [0.15, 0.2) is 0 Å². The van der Waals surface area contributed by atoms with E-state index >= 15 is 0 Å². The summed E-state index contributed by atoms with van der Waals surface area (Å²) in [6, 6.07) is 13.2. The van der Waals surface area contributed by atoms with E-state index < -0.39 is 0 Å². The largest absolute Gasteiger partial charge is 0.326 e. The molecule has 2 aromatic carbocycles. The zero-order valence-electron chi connectivity index (χ0n) is 12.8. The van der Waals surface area contributed by atoms with Gasteiger partial charge in [-0.2, -0.15) is 0 Å². The predicted octanol–water partition coefficient (Wildman–Crippen LogP) is 3.74. The van der Waals surface area contributed by atoms with Gasteiger partial charge in [0.05, 0.1) is 0 Å². The molecule has 0 saturated heterocycles. The van der Waals surface area contributed by atoms with Gasteiger partial charge in [0.2, 0.25) is 0 Å². The summed E-state index contributed by atoms with van der Waals surface area (Å²) in [5.41, 5.74) is 9.09. The van der Waals surface area contributed by atoms with Gasteiger partial charge in [-0.05, 0) is 29.8 Å². The summed E-state index contributed by atoms with van der Waals surface area (Å²) in [5, 5.41) is 0.719. The monoisotopic (exact) mass is 314 g/mol. The van der Waals surface area contributed by atoms with Gasteiger partial charge in [-0.1, -0.05) is 43.6 Å². The second-order valence-corrected chi connectivity index (χ2v) is 6.72. The number of nitrogens with zero attached hydrogens (tertiary/aromatic N) is 1. The first-order valence-corrected chi connectivity index (χ1v) is 7.72. The lowest BCUT2D eigenvalue weighted by Crippen LogP contribution is -2.33. The number of hydrogen-bond acceptors (Lipinski definition) is 2. The van der Waals surface area contributed by atoms with Crippen molar-refractivity contribution in [3.8, 4) is 0 Å². The van der Waals surface area contributed by atoms with Gasteiger partial charge in [0.1, 0.15) is 0 Å². The van der Waals surface area contributed by atoms with E-state index in [1.807, 2.05) is 47.4 Å². The predicted molar refractivity (Wildman–Crippen MR) is 90.5 cm³/mol. The van der Waals surface area contributed by atoms with Gasteiger partial charge in [0, 0.05) is 40.3 Å². The third kappa shape index (κ3) is 2.40. The highest BCUT2D eigenvalue weighted by Crippen LogP contribution is 2.44. The molecular weight excluding hydrogens is 296 g/mol. The highest BCUT2D eigenvalue weighted by Gasteiger charge is 2.39. The molecule has 0 aliphatic carbocycles. The van der Waals surface area contributed by atoms with Crippen LogP contribution in [0.4, 0.5) is 5.69 Å². The SMILES string of the molecule is CC1(C)CN(C(=O)c2ccc(CN)cc2)c2cccc(Cl)c21. The molecule has 0 atom stereocenters. The van der Waals surface area contributed by atoms with Crippen LogP contribution in [0, 0.1) is 0 Å². The minimum absolute atomic E-state index is 0.00216. The van der Waals surface area contributed by atoms with Gasteiger partial charge in [0.25, 0.3) is 5.91 Å². The second-order valence-electron chi connectivity index (χ2n) is 6.31. The molecule has 3 nitrogen and oxygen atoms in total. The highest BCUT2D eigenvalue weighted by molar-refractivity contribution is 6.32. The summed E-state index contributed by atoms with van der Waals surface area (Å²) in [6.07, 6.45) is 0. The van der Waals surface area contributed by atoms with Crippen LogP contribution in [0.15, 0.2) is 42.5 Å². The first kappa shape index (κ1) is 15.1. The van der Waals surface area contributed by atoms with Crippen LogP contribution < -0.4 is 10.6 Å². The van der Waals surface area contributed by atoms with Gasteiger partial charge < -0.3 is 10.6 Å². The summed E-state index contributed by atoms with van der Waals surface area (Å²) in [5.74, 6) is -0.00216. The van der Waals surface area contributed by atoms with Gasteiger partial charge in [-0.3, -0.25) is 4.79 Å². The number of fused-ring (bicyclic) bond motifs is 1. The minimum Gasteiger partial charge on any atom is -0.326 e. The molecule has 2 N–H and O–H groups in total. The van der Waals surface area contributed by atoms with Crippen molar-refractivity contribution >= 4 is 23.2 Å². The molecule has 0 fully saturated rings. The number of benzene rings is 2. The van der Waals surface area contributed by atoms with E-state index in [1.165, 1.54) is 0 Å². The molecule has 0 spiro atoms. The van der Waals surface area contributed by atoms with Crippen molar-refractivity contribution in [2.45, 2.75) is 25.8 Å². The van der Waals surface area contributed by atoms with E-state index in [1.54, 1.807) is 0 Å². The molecule has 0 saturated carbocycles. The molecule has 0 radical (unpaired) electrons. The molecule has 114 valence electrons. The lowest BCUT2D eigenvalue weighted by Gasteiger charge is -2.21. The summed E-state index contributed by atoms with van der Waals surface area (Å²) in [4.78, 5) is 14.7. The highest BCUT2D eigenvalue weighted by atomic mass is 35.5. The summed E-state index contributed by atoms with van der Waals surface area (Å²) in [6.45, 7) is 5.33. The summed E-state index contributed by atoms with van der Waals surface area (Å²) < 4.78 is 0. The van der Waals surface area contributed by atoms with Crippen LogP contribution in [0.1, 0.15) is 35.3 Å². The quantitative estimate of drug-likeness (QED) is 0.918. The van der Waals surface area contributed by atoms with Crippen molar-refractivity contribution in [2.75, 3.05) is 11.4 Å². The topological polar surface area (TPSA) is 46.3 Å². The number of amides is 1. The van der Waals surface area contributed by atoms with Crippen LogP contribution in [0.3, 0.4) is 0 Å². The molecular formula is C18H19ClN2O. The summed E-state index contributed by atoms with van der Waals surface area (Å²) >= 11 is 6.36. The van der Waals surface area contributed by atoms with E-state index in [0.717, 1.165) is 21.8 Å². The lowest BCUT2D eigenvalue weighted by atomic mass is 9.87. The Hall–Kier alpha value is -1.84. The molecule has 3 rings (SSSR count). The number of rotatable bonds is 2. The number of nitrogens with two attached hydrogens (primary N) is 1. The molecule has 0 aromatic heterocycles. The molecule has 0 bridgehead atoms. The number of carbonyl (C=O) groups is 1. The zero-order chi connectivity index (χ0) is 15.9. The Balaban J connectivity index is 2.00. The van der Waals surface area contributed by atoms with Crippen molar-refractivity contribution in [1.29, 1.82) is 0 Å². The maximum Gasteiger partial charge on any atom is 0.258 e. The van der Waals surface area contributed by atoms with Gasteiger partial charge >= 0.3 is 0 Å². The van der Waals surface area contributed by atoms with E-state index in [0.29, 0.717) is 18.7 Å². The van der Waals surface area contributed by atoms with Gasteiger partial charge in [-0.25, -0.2) is 0 Å². The normalized spacial score (nSPS) is 15.7. The molecule has 1 heterocycles. The molecule has 4 heteroatoms. The third-order valence-corrected chi connectivity index (χ3v) is 4.51. The molecule has 0 unspecified atom stereocenters. The smallest absolute Gasteiger partial charge is 0.258 e. The van der Waals surface area contributed by atoms with Crippen LogP contribution >= 0.6 is 11.6 Å². The van der Waals surface area contributed by atoms with E-state index in [4.69, 9.17) is 17.3 Å². The fourth-order valence-corrected chi connectivity index (χ4v) is 3.51. The molecule has 1 aliphatic rings. The van der Waals surface area contributed by atoms with Gasteiger partial charge in [-0.15, -0.1) is 0 Å². The maximum atomic E-state index is 12.9. The first-order valence-electron chi connectivity index (χ1n) is 7.34. The van der Waals surface area contributed by atoms with E-state index in [-0.39, 0.29) is 11.3 Å². The third-order valence-electron chi connectivity index (χ3n) is 4.19. The molecule has 1 amide bonds. The van der Waals surface area contributed by atoms with E-state index in [9.17, 15) is 4.79 Å². The minimum atomic E-state index is -0.152. The van der Waals surface area contributed by atoms with Crippen LogP contribution in [-0.4, -0.2) is 12.5 Å². The van der Waals surface area contributed by atoms with Crippen LogP contribution in [0.2, 0.25) is 5.02 Å². The Morgan fingerprint density at radius 3 is 2.55 bits per heavy atom. The first-order chi connectivity index (χ1) is 10.4. The Labute approximate surface area is 135 Å². The van der Waals surface area contributed by atoms with Crippen molar-refractivity contribution in [2.24, 2.45) is 5.73 Å². The maximum absolute atomic E-state index is 12.9. The van der Waals surface area contributed by atoms with Crippen molar-refractivity contribution < 1.29 is 4.79 Å². The summed E-state index contributed by atoms with van der Waals surface area (Å²) in [7, 11) is 0. The number of anilines is 1. The average Bonchev–Trinajstić information content (AvgIpc) is 2.79. The number of hydrogen-bond donors (Lipinski definition) is 1. The lowest BCUT2D eigenvalue weighted by molar-refractivity contribution is 0.0986. The standard InChI is InChI=1S/C18H19ClN2O/c1-18(2)11-21(15-5-3-4-14(19)16(15)18)17(22)13-8-6-12(10-20)7-9-13/h3-9H,10-11,20H2,1-2H3. The zero-order valence-corrected chi connectivity index (χ0v) is 13.5. The van der Waals surface area contributed by atoms with Crippen LogP contribution in [-0.2, 0) is 12.0 Å².